The van der Waals surface area contributed by atoms with Crippen molar-refractivity contribution in [1.82, 2.24) is 10.2 Å². The van der Waals surface area contributed by atoms with E-state index in [1.165, 1.54) is 16.0 Å². The summed E-state index contributed by atoms with van der Waals surface area (Å²) in [6.45, 7) is 3.13. The normalized spacial score (nSPS) is 20.0. The van der Waals surface area contributed by atoms with Crippen LogP contribution in [0.4, 0.5) is 0 Å². The summed E-state index contributed by atoms with van der Waals surface area (Å²) >= 11 is 1.71. The van der Waals surface area contributed by atoms with Crippen molar-refractivity contribution in [2.75, 3.05) is 20.1 Å². The van der Waals surface area contributed by atoms with Crippen molar-refractivity contribution in [3.05, 3.63) is 47.3 Å². The van der Waals surface area contributed by atoms with Gasteiger partial charge >= 0.3 is 0 Å². The Morgan fingerprint density at radius 3 is 2.73 bits per heavy atom. The monoisotopic (exact) mass is 370 g/mol. The Labute approximate surface area is 159 Å². The van der Waals surface area contributed by atoms with Crippen LogP contribution >= 0.6 is 11.3 Å². The summed E-state index contributed by atoms with van der Waals surface area (Å²) in [5.41, 5.74) is 1.79. The van der Waals surface area contributed by atoms with Gasteiger partial charge in [-0.1, -0.05) is 37.3 Å². The zero-order chi connectivity index (χ0) is 18.6. The van der Waals surface area contributed by atoms with Crippen LogP contribution in [0, 0.1) is 5.41 Å². The highest BCUT2D eigenvalue weighted by molar-refractivity contribution is 7.13. The van der Waals surface area contributed by atoms with Crippen LogP contribution in [0.25, 0.3) is 10.4 Å². The van der Waals surface area contributed by atoms with Gasteiger partial charge in [0.2, 0.25) is 11.8 Å². The predicted molar refractivity (Wildman–Crippen MR) is 106 cm³/mol. The van der Waals surface area contributed by atoms with Gasteiger partial charge in [-0.05, 0) is 41.8 Å². The smallest absolute Gasteiger partial charge is 0.228 e. The van der Waals surface area contributed by atoms with E-state index in [9.17, 15) is 9.59 Å². The van der Waals surface area contributed by atoms with Crippen molar-refractivity contribution in [3.63, 3.8) is 0 Å². The molecule has 0 aliphatic carbocycles. The standard InChI is InChI=1S/C21H26N2O2S/c1-3-19(24)23-12-7-11-21(15-23,20(25)22-2)14-16-8-4-5-9-17(16)18-10-6-13-26-18/h4-6,8-10,13H,3,7,11-12,14-15H2,1-2H3,(H,22,25). The van der Waals surface area contributed by atoms with Crippen molar-refractivity contribution in [2.24, 2.45) is 5.41 Å². The molecule has 2 amide bonds. The fraction of sp³-hybridized carbons (Fsp3) is 0.429. The zero-order valence-electron chi connectivity index (χ0n) is 15.5. The topological polar surface area (TPSA) is 49.4 Å². The lowest BCUT2D eigenvalue weighted by Gasteiger charge is -2.42. The molecule has 4 nitrogen and oxygen atoms in total. The number of hydrogen-bond donors (Lipinski definition) is 1. The molecule has 2 aromatic rings. The summed E-state index contributed by atoms with van der Waals surface area (Å²) < 4.78 is 0. The van der Waals surface area contributed by atoms with Gasteiger partial charge < -0.3 is 10.2 Å². The summed E-state index contributed by atoms with van der Waals surface area (Å²) in [7, 11) is 1.69. The Morgan fingerprint density at radius 1 is 1.23 bits per heavy atom. The highest BCUT2D eigenvalue weighted by Gasteiger charge is 2.43. The summed E-state index contributed by atoms with van der Waals surface area (Å²) in [5, 5.41) is 4.93. The number of likely N-dealkylation sites (tertiary alicyclic amines) is 1. The van der Waals surface area contributed by atoms with Gasteiger partial charge in [0.25, 0.3) is 0 Å². The highest BCUT2D eigenvalue weighted by atomic mass is 32.1. The SMILES string of the molecule is CCC(=O)N1CCCC(Cc2ccccc2-c2cccs2)(C(=O)NC)C1. The Bertz CT molecular complexity index is 772. The van der Waals surface area contributed by atoms with E-state index in [4.69, 9.17) is 0 Å². The number of benzene rings is 1. The van der Waals surface area contributed by atoms with Gasteiger partial charge in [0.05, 0.1) is 5.41 Å². The fourth-order valence-electron chi connectivity index (χ4n) is 3.95. The number of carbonyl (C=O) groups is 2. The predicted octanol–water partition coefficient (Wildman–Crippen LogP) is 3.72. The first-order valence-corrected chi connectivity index (χ1v) is 10.1. The average Bonchev–Trinajstić information content (AvgIpc) is 3.21. The second kappa shape index (κ2) is 8.04. The lowest BCUT2D eigenvalue weighted by molar-refractivity contribution is -0.141. The Hall–Kier alpha value is -2.14. The third-order valence-corrected chi connectivity index (χ3v) is 6.18. The fourth-order valence-corrected chi connectivity index (χ4v) is 4.74. The van der Waals surface area contributed by atoms with Gasteiger partial charge in [-0.3, -0.25) is 9.59 Å². The lowest BCUT2D eigenvalue weighted by atomic mass is 9.73. The molecule has 0 radical (unpaired) electrons. The second-order valence-corrected chi connectivity index (χ2v) is 7.89. The van der Waals surface area contributed by atoms with Crippen molar-refractivity contribution in [2.45, 2.75) is 32.6 Å². The summed E-state index contributed by atoms with van der Waals surface area (Å²) in [6, 6.07) is 12.5. The van der Waals surface area contributed by atoms with Crippen molar-refractivity contribution in [1.29, 1.82) is 0 Å². The van der Waals surface area contributed by atoms with Gasteiger partial charge in [-0.15, -0.1) is 11.3 Å². The molecule has 1 aliphatic rings. The van der Waals surface area contributed by atoms with E-state index < -0.39 is 5.41 Å². The van der Waals surface area contributed by atoms with Crippen molar-refractivity contribution in [3.8, 4) is 10.4 Å². The van der Waals surface area contributed by atoms with E-state index in [1.54, 1.807) is 18.4 Å². The lowest BCUT2D eigenvalue weighted by Crippen LogP contribution is -2.53. The maximum absolute atomic E-state index is 12.9. The van der Waals surface area contributed by atoms with E-state index >= 15 is 0 Å². The molecule has 3 rings (SSSR count). The molecule has 0 spiro atoms. The molecule has 0 saturated carbocycles. The van der Waals surface area contributed by atoms with Gasteiger partial charge in [0.1, 0.15) is 0 Å². The molecule has 1 aliphatic heterocycles. The molecular formula is C21H26N2O2S. The third kappa shape index (κ3) is 3.68. The minimum Gasteiger partial charge on any atom is -0.359 e. The van der Waals surface area contributed by atoms with Crippen LogP contribution in [0.5, 0.6) is 0 Å². The number of piperidine rings is 1. The Kier molecular flexibility index (Phi) is 5.77. The van der Waals surface area contributed by atoms with Gasteiger partial charge in [0, 0.05) is 31.4 Å². The van der Waals surface area contributed by atoms with Crippen LogP contribution in [-0.2, 0) is 16.0 Å². The molecule has 0 bridgehead atoms. The molecule has 138 valence electrons. The number of amides is 2. The number of hydrogen-bond acceptors (Lipinski definition) is 3. The number of rotatable bonds is 5. The van der Waals surface area contributed by atoms with Crippen molar-refractivity contribution < 1.29 is 9.59 Å². The van der Waals surface area contributed by atoms with Gasteiger partial charge in [-0.2, -0.15) is 0 Å². The number of carbonyl (C=O) groups excluding carboxylic acids is 2. The second-order valence-electron chi connectivity index (χ2n) is 6.94. The largest absolute Gasteiger partial charge is 0.359 e. The first-order valence-electron chi connectivity index (χ1n) is 9.21. The first kappa shape index (κ1) is 18.6. The summed E-state index contributed by atoms with van der Waals surface area (Å²) in [6.07, 6.45) is 2.79. The van der Waals surface area contributed by atoms with E-state index in [1.807, 2.05) is 30.0 Å². The number of nitrogens with one attached hydrogen (secondary N) is 1. The highest BCUT2D eigenvalue weighted by Crippen LogP contribution is 2.38. The summed E-state index contributed by atoms with van der Waals surface area (Å²) in [5.74, 6) is 0.164. The van der Waals surface area contributed by atoms with E-state index in [0.717, 1.165) is 19.4 Å². The minimum absolute atomic E-state index is 0.0343. The molecule has 26 heavy (non-hydrogen) atoms. The molecule has 1 saturated heterocycles. The van der Waals surface area contributed by atoms with Crippen LogP contribution in [0.3, 0.4) is 0 Å². The molecule has 1 aromatic heterocycles. The van der Waals surface area contributed by atoms with E-state index in [0.29, 0.717) is 19.4 Å². The Balaban J connectivity index is 1.96. The van der Waals surface area contributed by atoms with Crippen molar-refractivity contribution >= 4 is 23.2 Å². The molecule has 5 heteroatoms. The van der Waals surface area contributed by atoms with Crippen LogP contribution in [0.1, 0.15) is 31.7 Å². The molecule has 1 atom stereocenters. The number of nitrogens with zero attached hydrogens (tertiary/aromatic N) is 1. The van der Waals surface area contributed by atoms with E-state index in [-0.39, 0.29) is 11.8 Å². The maximum Gasteiger partial charge on any atom is 0.228 e. The molecule has 2 heterocycles. The molecular weight excluding hydrogens is 344 g/mol. The quantitative estimate of drug-likeness (QED) is 0.872. The number of thiophene rings is 1. The van der Waals surface area contributed by atoms with Crippen LogP contribution in [-0.4, -0.2) is 36.9 Å². The third-order valence-electron chi connectivity index (χ3n) is 5.27. The summed E-state index contributed by atoms with van der Waals surface area (Å²) in [4.78, 5) is 28.2. The molecule has 1 aromatic carbocycles. The minimum atomic E-state index is -0.564. The van der Waals surface area contributed by atoms with Gasteiger partial charge in [-0.25, -0.2) is 0 Å². The molecule has 1 N–H and O–H groups in total. The zero-order valence-corrected chi connectivity index (χ0v) is 16.3. The molecule has 1 unspecified atom stereocenters. The Morgan fingerprint density at radius 2 is 2.04 bits per heavy atom. The van der Waals surface area contributed by atoms with Crippen LogP contribution < -0.4 is 5.32 Å². The first-order chi connectivity index (χ1) is 12.6. The van der Waals surface area contributed by atoms with Crippen LogP contribution in [0.15, 0.2) is 41.8 Å². The molecule has 1 fully saturated rings. The van der Waals surface area contributed by atoms with E-state index in [2.05, 4.69) is 28.9 Å². The van der Waals surface area contributed by atoms with Gasteiger partial charge in [0.15, 0.2) is 0 Å². The van der Waals surface area contributed by atoms with Crippen LogP contribution in [0.2, 0.25) is 0 Å². The average molecular weight is 371 g/mol. The maximum atomic E-state index is 12.9.